The van der Waals surface area contributed by atoms with Gasteiger partial charge in [0.2, 0.25) is 0 Å². The molecule has 0 aliphatic carbocycles. The third-order valence-corrected chi connectivity index (χ3v) is 3.08. The monoisotopic (exact) mass is 295 g/mol. The normalized spacial score (nSPS) is 19.2. The molecule has 1 aromatic carbocycles. The molecule has 1 atom stereocenters. The van der Waals surface area contributed by atoms with E-state index in [1.165, 1.54) is 29.2 Å². The SMILES string of the molecule is CC(C)(C)OC(=O)N1CC=C(c2ccc(F)cc2)C(F)C1. The number of carbonyl (C=O) groups excluding carboxylic acids is 1. The number of hydrogen-bond acceptors (Lipinski definition) is 2. The van der Waals surface area contributed by atoms with Crippen LogP contribution < -0.4 is 0 Å². The standard InChI is InChI=1S/C16H19F2NO2/c1-16(2,3)21-15(20)19-9-8-13(14(18)10-19)11-4-6-12(17)7-5-11/h4-8,14H,9-10H2,1-3H3. The summed E-state index contributed by atoms with van der Waals surface area (Å²) in [5, 5.41) is 0. The lowest BCUT2D eigenvalue weighted by Gasteiger charge is -2.31. The summed E-state index contributed by atoms with van der Waals surface area (Å²) in [6.45, 7) is 5.52. The Balaban J connectivity index is 2.09. The number of ether oxygens (including phenoxy) is 1. The molecule has 0 spiro atoms. The van der Waals surface area contributed by atoms with E-state index in [9.17, 15) is 13.6 Å². The van der Waals surface area contributed by atoms with Crippen LogP contribution in [-0.4, -0.2) is 35.9 Å². The summed E-state index contributed by atoms with van der Waals surface area (Å²) in [4.78, 5) is 13.2. The first kappa shape index (κ1) is 15.5. The van der Waals surface area contributed by atoms with Crippen molar-refractivity contribution in [1.29, 1.82) is 0 Å². The van der Waals surface area contributed by atoms with E-state index in [-0.39, 0.29) is 18.9 Å². The van der Waals surface area contributed by atoms with Crippen molar-refractivity contribution in [2.45, 2.75) is 32.5 Å². The van der Waals surface area contributed by atoms with Crippen LogP contribution in [0.1, 0.15) is 26.3 Å². The molecule has 3 nitrogen and oxygen atoms in total. The fourth-order valence-corrected chi connectivity index (χ4v) is 2.12. The summed E-state index contributed by atoms with van der Waals surface area (Å²) >= 11 is 0. The van der Waals surface area contributed by atoms with Crippen molar-refractivity contribution in [3.8, 4) is 0 Å². The summed E-state index contributed by atoms with van der Waals surface area (Å²) in [6.07, 6.45) is -0.193. The van der Waals surface area contributed by atoms with Gasteiger partial charge in [0.25, 0.3) is 0 Å². The van der Waals surface area contributed by atoms with Crippen molar-refractivity contribution in [3.05, 3.63) is 41.7 Å². The quantitative estimate of drug-likeness (QED) is 0.788. The van der Waals surface area contributed by atoms with Crippen molar-refractivity contribution in [3.63, 3.8) is 0 Å². The first-order valence-electron chi connectivity index (χ1n) is 6.84. The van der Waals surface area contributed by atoms with Gasteiger partial charge in [-0.05, 0) is 44.0 Å². The van der Waals surface area contributed by atoms with E-state index in [1.54, 1.807) is 26.8 Å². The van der Waals surface area contributed by atoms with Crippen LogP contribution >= 0.6 is 0 Å². The fourth-order valence-electron chi connectivity index (χ4n) is 2.12. The number of rotatable bonds is 1. The zero-order chi connectivity index (χ0) is 15.6. The van der Waals surface area contributed by atoms with E-state index >= 15 is 0 Å². The van der Waals surface area contributed by atoms with Gasteiger partial charge in [-0.15, -0.1) is 0 Å². The topological polar surface area (TPSA) is 29.5 Å². The Morgan fingerprint density at radius 1 is 1.29 bits per heavy atom. The molecule has 0 saturated heterocycles. The molecule has 1 heterocycles. The lowest BCUT2D eigenvalue weighted by molar-refractivity contribution is 0.0236. The largest absolute Gasteiger partial charge is 0.444 e. The summed E-state index contributed by atoms with van der Waals surface area (Å²) < 4.78 is 32.4. The number of halogens is 2. The van der Waals surface area contributed by atoms with Crippen LogP contribution in [0.4, 0.5) is 13.6 Å². The number of carbonyl (C=O) groups is 1. The molecule has 0 bridgehead atoms. The third-order valence-electron chi connectivity index (χ3n) is 3.08. The van der Waals surface area contributed by atoms with Gasteiger partial charge in [0.1, 0.15) is 17.6 Å². The maximum Gasteiger partial charge on any atom is 0.410 e. The molecule has 1 aromatic rings. The third kappa shape index (κ3) is 4.03. The summed E-state index contributed by atoms with van der Waals surface area (Å²) in [7, 11) is 0. The van der Waals surface area contributed by atoms with E-state index in [4.69, 9.17) is 4.74 Å². The minimum Gasteiger partial charge on any atom is -0.444 e. The molecule has 114 valence electrons. The Bertz CT molecular complexity index is 546. The first-order valence-corrected chi connectivity index (χ1v) is 6.84. The molecule has 1 amide bonds. The molecule has 0 fully saturated rings. The summed E-state index contributed by atoms with van der Waals surface area (Å²) in [5.41, 5.74) is 0.506. The highest BCUT2D eigenvalue weighted by Gasteiger charge is 2.29. The molecular formula is C16H19F2NO2. The molecule has 1 aliphatic rings. The molecule has 1 unspecified atom stereocenters. The number of nitrogens with zero attached hydrogens (tertiary/aromatic N) is 1. The van der Waals surface area contributed by atoms with Crippen LogP contribution in [0.15, 0.2) is 30.3 Å². The van der Waals surface area contributed by atoms with Crippen LogP contribution in [0.25, 0.3) is 5.57 Å². The Labute approximate surface area is 123 Å². The van der Waals surface area contributed by atoms with Crippen molar-refractivity contribution in [2.24, 2.45) is 0 Å². The highest BCUT2D eigenvalue weighted by atomic mass is 19.1. The predicted octanol–water partition coefficient (Wildman–Crippen LogP) is 3.80. The van der Waals surface area contributed by atoms with Crippen LogP contribution in [0, 0.1) is 5.82 Å². The van der Waals surface area contributed by atoms with Gasteiger partial charge in [-0.2, -0.15) is 0 Å². The zero-order valence-electron chi connectivity index (χ0n) is 12.4. The van der Waals surface area contributed by atoms with Gasteiger partial charge in [0, 0.05) is 6.54 Å². The number of alkyl halides is 1. The minimum atomic E-state index is -1.31. The van der Waals surface area contributed by atoms with Gasteiger partial charge in [-0.3, -0.25) is 0 Å². The number of hydrogen-bond donors (Lipinski definition) is 0. The van der Waals surface area contributed by atoms with E-state index in [1.807, 2.05) is 0 Å². The van der Waals surface area contributed by atoms with Gasteiger partial charge >= 0.3 is 6.09 Å². The summed E-state index contributed by atoms with van der Waals surface area (Å²) in [5.74, 6) is -0.360. The lowest BCUT2D eigenvalue weighted by atomic mass is 9.98. The smallest absolute Gasteiger partial charge is 0.410 e. The number of amides is 1. The lowest BCUT2D eigenvalue weighted by Crippen LogP contribution is -2.42. The van der Waals surface area contributed by atoms with Crippen molar-refractivity contribution in [2.75, 3.05) is 13.1 Å². The van der Waals surface area contributed by atoms with E-state index in [0.29, 0.717) is 11.1 Å². The predicted molar refractivity (Wildman–Crippen MR) is 77.1 cm³/mol. The molecule has 0 radical (unpaired) electrons. The van der Waals surface area contributed by atoms with Crippen molar-refractivity contribution < 1.29 is 18.3 Å². The second kappa shape index (κ2) is 5.84. The second-order valence-electron chi connectivity index (χ2n) is 6.02. The fraction of sp³-hybridized carbons (Fsp3) is 0.438. The van der Waals surface area contributed by atoms with Crippen molar-refractivity contribution >= 4 is 11.7 Å². The molecule has 21 heavy (non-hydrogen) atoms. The molecular weight excluding hydrogens is 276 g/mol. The molecule has 5 heteroatoms. The van der Waals surface area contributed by atoms with Gasteiger partial charge in [0.05, 0.1) is 6.54 Å². The highest BCUT2D eigenvalue weighted by Crippen LogP contribution is 2.26. The second-order valence-corrected chi connectivity index (χ2v) is 6.02. The number of benzene rings is 1. The summed E-state index contributed by atoms with van der Waals surface area (Å²) in [6, 6.07) is 5.67. The Morgan fingerprint density at radius 2 is 1.90 bits per heavy atom. The Hall–Kier alpha value is -1.91. The van der Waals surface area contributed by atoms with E-state index in [2.05, 4.69) is 0 Å². The van der Waals surface area contributed by atoms with Gasteiger partial charge in [-0.25, -0.2) is 13.6 Å². The Kier molecular flexibility index (Phi) is 4.30. The molecule has 0 saturated carbocycles. The van der Waals surface area contributed by atoms with Crippen LogP contribution in [0.5, 0.6) is 0 Å². The molecule has 0 aromatic heterocycles. The molecule has 0 N–H and O–H groups in total. The van der Waals surface area contributed by atoms with E-state index in [0.717, 1.165) is 0 Å². The maximum absolute atomic E-state index is 14.3. The van der Waals surface area contributed by atoms with Crippen molar-refractivity contribution in [1.82, 2.24) is 4.90 Å². The molecule has 1 aliphatic heterocycles. The highest BCUT2D eigenvalue weighted by molar-refractivity contribution is 5.74. The molecule has 2 rings (SSSR count). The van der Waals surface area contributed by atoms with Gasteiger partial charge < -0.3 is 9.64 Å². The van der Waals surface area contributed by atoms with Gasteiger partial charge in [-0.1, -0.05) is 18.2 Å². The van der Waals surface area contributed by atoms with Crippen LogP contribution in [-0.2, 0) is 4.74 Å². The Morgan fingerprint density at radius 3 is 2.43 bits per heavy atom. The maximum atomic E-state index is 14.3. The minimum absolute atomic E-state index is 0.0574. The zero-order valence-corrected chi connectivity index (χ0v) is 12.4. The van der Waals surface area contributed by atoms with Gasteiger partial charge in [0.15, 0.2) is 0 Å². The first-order chi connectivity index (χ1) is 9.76. The average molecular weight is 295 g/mol. The van der Waals surface area contributed by atoms with Crippen LogP contribution in [0.2, 0.25) is 0 Å². The van der Waals surface area contributed by atoms with E-state index < -0.39 is 17.9 Å². The average Bonchev–Trinajstić information content (AvgIpc) is 2.38. The van der Waals surface area contributed by atoms with Crippen LogP contribution in [0.3, 0.4) is 0 Å².